The zero-order valence-corrected chi connectivity index (χ0v) is 28.7. The Morgan fingerprint density at radius 1 is 0.423 bits per heavy atom. The minimum atomic E-state index is 0.858. The maximum Gasteiger partial charge on any atom is 0.0561 e. The first-order valence-electron chi connectivity index (χ1n) is 18.3. The summed E-state index contributed by atoms with van der Waals surface area (Å²) in [5.41, 5.74) is 16.2. The van der Waals surface area contributed by atoms with Gasteiger partial charge in [0.25, 0.3) is 0 Å². The molecule has 0 bridgehead atoms. The van der Waals surface area contributed by atoms with Gasteiger partial charge in [0.15, 0.2) is 0 Å². The summed E-state index contributed by atoms with van der Waals surface area (Å²) in [5, 5.41) is 5.15. The van der Waals surface area contributed by atoms with E-state index in [9.17, 15) is 0 Å². The van der Waals surface area contributed by atoms with E-state index in [1.54, 1.807) is 0 Å². The smallest absolute Gasteiger partial charge is 0.0561 e. The molecule has 52 heavy (non-hydrogen) atoms. The largest absolute Gasteiger partial charge is 0.313 e. The number of nitrogens with zero attached hydrogens (tertiary/aromatic N) is 3. The van der Waals surface area contributed by atoms with Crippen LogP contribution in [0.3, 0.4) is 0 Å². The fourth-order valence-electron chi connectivity index (χ4n) is 8.88. The van der Waals surface area contributed by atoms with Gasteiger partial charge in [-0.1, -0.05) is 115 Å². The molecule has 246 valence electrons. The predicted octanol–water partition coefficient (Wildman–Crippen LogP) is 12.4. The average molecular weight is 666 g/mol. The fourth-order valence-corrected chi connectivity index (χ4v) is 8.88. The highest BCUT2D eigenvalue weighted by atomic mass is 15.0. The Bertz CT molecular complexity index is 2980. The molecule has 0 fully saturated rings. The summed E-state index contributed by atoms with van der Waals surface area (Å²) in [4.78, 5) is 0. The van der Waals surface area contributed by atoms with E-state index in [0.717, 1.165) is 24.9 Å². The van der Waals surface area contributed by atoms with E-state index in [0.29, 0.717) is 0 Å². The summed E-state index contributed by atoms with van der Waals surface area (Å²) in [6.45, 7) is 0. The molecule has 3 heterocycles. The maximum atomic E-state index is 2.50. The van der Waals surface area contributed by atoms with Gasteiger partial charge in [0.2, 0.25) is 0 Å². The van der Waals surface area contributed by atoms with Crippen molar-refractivity contribution < 1.29 is 0 Å². The Hall–Kier alpha value is -6.58. The van der Waals surface area contributed by atoms with Gasteiger partial charge in [-0.25, -0.2) is 0 Å². The lowest BCUT2D eigenvalue weighted by Crippen LogP contribution is -2.02. The van der Waals surface area contributed by atoms with Crippen LogP contribution in [0.2, 0.25) is 0 Å². The molecule has 0 saturated heterocycles. The first-order valence-corrected chi connectivity index (χ1v) is 18.3. The number of allylic oxidation sites excluding steroid dienone is 4. The summed E-state index contributed by atoms with van der Waals surface area (Å²) < 4.78 is 7.41. The zero-order chi connectivity index (χ0) is 34.2. The summed E-state index contributed by atoms with van der Waals surface area (Å²) >= 11 is 0. The molecule has 0 spiro atoms. The molecule has 6 aromatic carbocycles. The quantitative estimate of drug-likeness (QED) is 0.178. The number of aryl methyl sites for hydroxylation is 1. The topological polar surface area (TPSA) is 14.8 Å². The molecule has 3 aromatic heterocycles. The number of hydrogen-bond donors (Lipinski definition) is 0. The lowest BCUT2D eigenvalue weighted by Gasteiger charge is -2.14. The van der Waals surface area contributed by atoms with E-state index in [-0.39, 0.29) is 0 Å². The lowest BCUT2D eigenvalue weighted by atomic mass is 10.0. The SMILES string of the molecule is C1=CCc2c(c3cc(-n4c5c(c6ccccc64)CCC=C5)ccc3n2-c2ccc3c4ccccc4n(-c4cccc(-c5ccccc5)c4)c3c2)C=C1. The Morgan fingerprint density at radius 3 is 2.04 bits per heavy atom. The van der Waals surface area contributed by atoms with Gasteiger partial charge in [0, 0.05) is 62.0 Å². The normalized spacial score (nSPS) is 13.7. The molecule has 0 N–H and O–H groups in total. The highest BCUT2D eigenvalue weighted by Gasteiger charge is 2.22. The number of para-hydroxylation sites is 2. The van der Waals surface area contributed by atoms with Crippen LogP contribution in [0.4, 0.5) is 0 Å². The Morgan fingerprint density at radius 2 is 1.13 bits per heavy atom. The summed E-state index contributed by atoms with van der Waals surface area (Å²) in [6, 6.07) is 51.4. The molecular formula is C49H35N3. The van der Waals surface area contributed by atoms with Gasteiger partial charge in [0.1, 0.15) is 0 Å². The monoisotopic (exact) mass is 665 g/mol. The maximum absolute atomic E-state index is 2.50. The van der Waals surface area contributed by atoms with Crippen LogP contribution in [0.25, 0.3) is 84.0 Å². The zero-order valence-electron chi connectivity index (χ0n) is 28.7. The minimum absolute atomic E-state index is 0.858. The van der Waals surface area contributed by atoms with Crippen molar-refractivity contribution in [2.75, 3.05) is 0 Å². The average Bonchev–Trinajstić information content (AvgIpc) is 3.75. The fraction of sp³-hybridized carbons (Fsp3) is 0.0612. The molecule has 2 aliphatic carbocycles. The van der Waals surface area contributed by atoms with E-state index >= 15 is 0 Å². The highest BCUT2D eigenvalue weighted by Crippen LogP contribution is 2.40. The first kappa shape index (κ1) is 29.2. The summed E-state index contributed by atoms with van der Waals surface area (Å²) in [7, 11) is 0. The molecule has 3 heteroatoms. The van der Waals surface area contributed by atoms with Gasteiger partial charge in [-0.05, 0) is 90.2 Å². The van der Waals surface area contributed by atoms with E-state index in [4.69, 9.17) is 0 Å². The third kappa shape index (κ3) is 4.32. The second kappa shape index (κ2) is 11.5. The van der Waals surface area contributed by atoms with Crippen molar-refractivity contribution in [3.8, 4) is 28.2 Å². The summed E-state index contributed by atoms with van der Waals surface area (Å²) in [5.74, 6) is 0. The molecule has 9 aromatic rings. The van der Waals surface area contributed by atoms with Gasteiger partial charge in [-0.3, -0.25) is 0 Å². The van der Waals surface area contributed by atoms with Crippen molar-refractivity contribution in [3.63, 3.8) is 0 Å². The molecule has 0 atom stereocenters. The molecule has 0 saturated carbocycles. The van der Waals surface area contributed by atoms with Gasteiger partial charge in [-0.15, -0.1) is 0 Å². The van der Waals surface area contributed by atoms with Crippen LogP contribution < -0.4 is 0 Å². The van der Waals surface area contributed by atoms with E-state index in [1.807, 2.05) is 0 Å². The summed E-state index contributed by atoms with van der Waals surface area (Å²) in [6.07, 6.45) is 16.6. The van der Waals surface area contributed by atoms with Crippen molar-refractivity contribution in [3.05, 3.63) is 186 Å². The molecule has 0 amide bonds. The third-order valence-electron chi connectivity index (χ3n) is 11.2. The standard InChI is InChI=1S/C49H35N3/c1-3-14-33(15-4-1)34-16-13-17-35(30-34)52-46-25-12-9-21-40(46)42-28-26-37(32-49(42)52)51-47-22-6-2-5-18-41(47)43-31-36(27-29-48(43)51)50-44-23-10-7-19-38(44)39-20-8-11-24-45(39)50/h1-7,9-19,21,23-32H,8,20,22H2. The molecule has 3 nitrogen and oxygen atoms in total. The molecule has 2 aliphatic rings. The van der Waals surface area contributed by atoms with Crippen LogP contribution in [0.5, 0.6) is 0 Å². The number of hydrogen-bond acceptors (Lipinski definition) is 0. The second-order valence-corrected chi connectivity index (χ2v) is 14.0. The molecule has 0 radical (unpaired) electrons. The van der Waals surface area contributed by atoms with Crippen LogP contribution in [0.15, 0.2) is 164 Å². The molecular weight excluding hydrogens is 631 g/mol. The van der Waals surface area contributed by atoms with Crippen LogP contribution >= 0.6 is 0 Å². The lowest BCUT2D eigenvalue weighted by molar-refractivity contribution is 0.968. The van der Waals surface area contributed by atoms with Gasteiger partial charge in [0.05, 0.1) is 22.1 Å². The number of benzene rings is 6. The minimum Gasteiger partial charge on any atom is -0.313 e. The Kier molecular flexibility index (Phi) is 6.44. The molecule has 0 unspecified atom stereocenters. The van der Waals surface area contributed by atoms with Crippen molar-refractivity contribution in [1.82, 2.24) is 13.7 Å². The number of aromatic nitrogens is 3. The number of rotatable bonds is 4. The van der Waals surface area contributed by atoms with Crippen LogP contribution in [-0.4, -0.2) is 13.7 Å². The first-order chi connectivity index (χ1) is 25.8. The van der Waals surface area contributed by atoms with E-state index < -0.39 is 0 Å². The van der Waals surface area contributed by atoms with E-state index in [2.05, 4.69) is 190 Å². The third-order valence-corrected chi connectivity index (χ3v) is 11.2. The number of fused-ring (bicyclic) bond motifs is 9. The van der Waals surface area contributed by atoms with Crippen molar-refractivity contribution in [2.24, 2.45) is 0 Å². The molecule has 11 rings (SSSR count). The van der Waals surface area contributed by atoms with Crippen molar-refractivity contribution in [2.45, 2.75) is 19.3 Å². The van der Waals surface area contributed by atoms with Gasteiger partial charge >= 0.3 is 0 Å². The predicted molar refractivity (Wildman–Crippen MR) is 219 cm³/mol. The highest BCUT2D eigenvalue weighted by molar-refractivity contribution is 6.10. The van der Waals surface area contributed by atoms with Crippen LogP contribution in [-0.2, 0) is 12.8 Å². The Balaban J connectivity index is 1.14. The van der Waals surface area contributed by atoms with E-state index in [1.165, 1.54) is 88.6 Å². The Labute approximate surface area is 302 Å². The van der Waals surface area contributed by atoms with Crippen molar-refractivity contribution in [1.29, 1.82) is 0 Å². The van der Waals surface area contributed by atoms with Crippen LogP contribution in [0, 0.1) is 0 Å². The molecule has 0 aliphatic heterocycles. The van der Waals surface area contributed by atoms with Gasteiger partial charge < -0.3 is 13.7 Å². The van der Waals surface area contributed by atoms with Gasteiger partial charge in [-0.2, -0.15) is 0 Å². The van der Waals surface area contributed by atoms with Crippen LogP contribution in [0.1, 0.15) is 28.9 Å². The second-order valence-electron chi connectivity index (χ2n) is 14.0. The van der Waals surface area contributed by atoms with Crippen molar-refractivity contribution >= 4 is 55.8 Å².